The molecule has 4 N–H and O–H groups in total. The van der Waals surface area contributed by atoms with Gasteiger partial charge in [-0.05, 0) is 56.4 Å². The molecule has 0 saturated carbocycles. The van der Waals surface area contributed by atoms with Gasteiger partial charge in [0.2, 0.25) is 5.91 Å². The zero-order valence-electron chi connectivity index (χ0n) is 18.4. The third kappa shape index (κ3) is 5.63. The van der Waals surface area contributed by atoms with Crippen LogP contribution in [-0.2, 0) is 4.79 Å². The topological polar surface area (TPSA) is 119 Å². The fourth-order valence-corrected chi connectivity index (χ4v) is 3.86. The first-order valence-electron chi connectivity index (χ1n) is 10.8. The van der Waals surface area contributed by atoms with E-state index < -0.39 is 23.2 Å². The number of aryl methyl sites for hydroxylation is 2. The molecule has 0 bridgehead atoms. The minimum atomic E-state index is -0.659. The highest BCUT2D eigenvalue weighted by Crippen LogP contribution is 2.35. The Kier molecular flexibility index (Phi) is 7.45. The molecule has 1 aliphatic heterocycles. The lowest BCUT2D eigenvalue weighted by Gasteiger charge is -2.32. The fourth-order valence-electron chi connectivity index (χ4n) is 3.86. The summed E-state index contributed by atoms with van der Waals surface area (Å²) in [7, 11) is 0. The molecule has 1 fully saturated rings. The number of hydrogen-bond donors (Lipinski definition) is 4. The van der Waals surface area contributed by atoms with Crippen molar-refractivity contribution in [3.8, 4) is 23.0 Å². The lowest BCUT2D eigenvalue weighted by atomic mass is 10.0. The molecule has 0 aliphatic carbocycles. The van der Waals surface area contributed by atoms with Crippen molar-refractivity contribution >= 4 is 11.8 Å². The molecule has 8 heteroatoms. The Morgan fingerprint density at radius 2 is 1.66 bits per heavy atom. The van der Waals surface area contributed by atoms with Crippen molar-refractivity contribution in [3.05, 3.63) is 47.0 Å². The van der Waals surface area contributed by atoms with Crippen LogP contribution < -0.4 is 10.1 Å². The molecule has 2 aromatic rings. The highest BCUT2D eigenvalue weighted by atomic mass is 16.5. The molecule has 0 unspecified atom stereocenters. The quantitative estimate of drug-likeness (QED) is 0.387. The van der Waals surface area contributed by atoms with E-state index in [0.717, 1.165) is 29.0 Å². The van der Waals surface area contributed by atoms with Crippen LogP contribution in [0, 0.1) is 13.8 Å². The molecule has 0 aromatic heterocycles. The predicted octanol–water partition coefficient (Wildman–Crippen LogP) is 3.00. The van der Waals surface area contributed by atoms with E-state index in [2.05, 4.69) is 5.32 Å². The summed E-state index contributed by atoms with van der Waals surface area (Å²) in [6, 6.07) is 8.09. The Morgan fingerprint density at radius 1 is 1.06 bits per heavy atom. The number of phenols is 3. The minimum absolute atomic E-state index is 0.0557. The van der Waals surface area contributed by atoms with Crippen LogP contribution in [0.25, 0.3) is 0 Å². The highest BCUT2D eigenvalue weighted by molar-refractivity contribution is 5.95. The zero-order chi connectivity index (χ0) is 23.3. The van der Waals surface area contributed by atoms with Crippen molar-refractivity contribution in [2.45, 2.75) is 45.6 Å². The molecule has 2 amide bonds. The average molecular weight is 443 g/mol. The van der Waals surface area contributed by atoms with Gasteiger partial charge < -0.3 is 30.3 Å². The first-order valence-corrected chi connectivity index (χ1v) is 10.8. The highest BCUT2D eigenvalue weighted by Gasteiger charge is 2.24. The molecular weight excluding hydrogens is 412 g/mol. The number of nitrogens with one attached hydrogen (secondary N) is 1. The zero-order valence-corrected chi connectivity index (χ0v) is 18.4. The van der Waals surface area contributed by atoms with E-state index in [1.807, 2.05) is 32.0 Å². The summed E-state index contributed by atoms with van der Waals surface area (Å²) in [6.07, 6.45) is 2.28. The molecule has 172 valence electrons. The Morgan fingerprint density at radius 3 is 2.25 bits per heavy atom. The average Bonchev–Trinajstić information content (AvgIpc) is 2.76. The van der Waals surface area contributed by atoms with Gasteiger partial charge in [-0.25, -0.2) is 0 Å². The molecule has 0 atom stereocenters. The molecule has 1 aliphatic rings. The Bertz CT molecular complexity index is 939. The van der Waals surface area contributed by atoms with Crippen LogP contribution in [0.1, 0.15) is 47.2 Å². The van der Waals surface area contributed by atoms with Crippen molar-refractivity contribution in [2.24, 2.45) is 0 Å². The summed E-state index contributed by atoms with van der Waals surface area (Å²) < 4.78 is 5.86. The second-order valence-corrected chi connectivity index (χ2v) is 8.16. The number of amides is 2. The largest absolute Gasteiger partial charge is 0.504 e. The second-order valence-electron chi connectivity index (χ2n) is 8.16. The third-order valence-electron chi connectivity index (χ3n) is 5.70. The summed E-state index contributed by atoms with van der Waals surface area (Å²) in [5.74, 6) is -1.27. The van der Waals surface area contributed by atoms with E-state index in [1.54, 1.807) is 4.90 Å². The van der Waals surface area contributed by atoms with Gasteiger partial charge >= 0.3 is 0 Å². The Hall–Kier alpha value is -3.42. The second kappa shape index (κ2) is 10.3. The smallest absolute Gasteiger partial charge is 0.251 e. The molecular formula is C24H30N2O6. The van der Waals surface area contributed by atoms with Gasteiger partial charge in [-0.15, -0.1) is 0 Å². The maximum Gasteiger partial charge on any atom is 0.251 e. The van der Waals surface area contributed by atoms with Gasteiger partial charge in [0.05, 0.1) is 6.61 Å². The number of ether oxygens (including phenoxy) is 1. The standard InChI is InChI=1S/C24H30N2O6/c1-15-5-3-6-16(2)23(15)32-12-4-7-21(29)26-10-8-18(9-11-26)25-24(31)17-13-19(27)22(30)20(28)14-17/h3,5-6,13-14,18,27-28,30H,4,7-12H2,1-2H3,(H,25,31). The van der Waals surface area contributed by atoms with Crippen molar-refractivity contribution in [3.63, 3.8) is 0 Å². The van der Waals surface area contributed by atoms with Crippen LogP contribution in [0.5, 0.6) is 23.0 Å². The van der Waals surface area contributed by atoms with Crippen molar-refractivity contribution in [1.29, 1.82) is 0 Å². The molecule has 0 spiro atoms. The van der Waals surface area contributed by atoms with E-state index in [-0.39, 0.29) is 17.5 Å². The number of piperidine rings is 1. The van der Waals surface area contributed by atoms with Gasteiger partial charge in [-0.3, -0.25) is 9.59 Å². The number of phenolic OH excluding ortho intramolecular Hbond substituents is 3. The lowest BCUT2D eigenvalue weighted by Crippen LogP contribution is -2.46. The van der Waals surface area contributed by atoms with Gasteiger partial charge in [-0.1, -0.05) is 18.2 Å². The first-order chi connectivity index (χ1) is 15.3. The number of carbonyl (C=O) groups excluding carboxylic acids is 2. The number of carbonyl (C=O) groups is 2. The van der Waals surface area contributed by atoms with Gasteiger partial charge in [0.15, 0.2) is 17.2 Å². The number of benzene rings is 2. The molecule has 2 aromatic carbocycles. The maximum atomic E-state index is 12.5. The van der Waals surface area contributed by atoms with Crippen LogP contribution in [0.3, 0.4) is 0 Å². The normalized spacial score (nSPS) is 14.2. The van der Waals surface area contributed by atoms with Crippen molar-refractivity contribution < 1.29 is 29.6 Å². The Labute approximate surface area is 187 Å². The number of nitrogens with zero attached hydrogens (tertiary/aromatic N) is 1. The van der Waals surface area contributed by atoms with Gasteiger partial charge in [0, 0.05) is 31.1 Å². The van der Waals surface area contributed by atoms with Crippen LogP contribution in [-0.4, -0.2) is 57.8 Å². The van der Waals surface area contributed by atoms with Gasteiger partial charge in [0.25, 0.3) is 5.91 Å². The first kappa shape index (κ1) is 23.2. The van der Waals surface area contributed by atoms with Gasteiger partial charge in [-0.2, -0.15) is 0 Å². The monoisotopic (exact) mass is 442 g/mol. The minimum Gasteiger partial charge on any atom is -0.504 e. The molecule has 32 heavy (non-hydrogen) atoms. The molecule has 3 rings (SSSR count). The summed E-state index contributed by atoms with van der Waals surface area (Å²) in [4.78, 5) is 26.7. The summed E-state index contributed by atoms with van der Waals surface area (Å²) >= 11 is 0. The summed E-state index contributed by atoms with van der Waals surface area (Å²) in [6.45, 7) is 5.59. The van der Waals surface area contributed by atoms with Crippen molar-refractivity contribution in [1.82, 2.24) is 10.2 Å². The Balaban J connectivity index is 1.40. The van der Waals surface area contributed by atoms with Crippen LogP contribution in [0.2, 0.25) is 0 Å². The van der Waals surface area contributed by atoms with E-state index in [1.165, 1.54) is 0 Å². The van der Waals surface area contributed by atoms with E-state index in [9.17, 15) is 24.9 Å². The third-order valence-corrected chi connectivity index (χ3v) is 5.70. The van der Waals surface area contributed by atoms with Crippen LogP contribution in [0.4, 0.5) is 0 Å². The predicted molar refractivity (Wildman–Crippen MR) is 119 cm³/mol. The number of hydrogen-bond acceptors (Lipinski definition) is 6. The number of aromatic hydroxyl groups is 3. The van der Waals surface area contributed by atoms with Crippen LogP contribution >= 0.6 is 0 Å². The SMILES string of the molecule is Cc1cccc(C)c1OCCCC(=O)N1CCC(NC(=O)c2cc(O)c(O)c(O)c2)CC1. The molecule has 0 radical (unpaired) electrons. The number of rotatable bonds is 7. The van der Waals surface area contributed by atoms with Crippen molar-refractivity contribution in [2.75, 3.05) is 19.7 Å². The summed E-state index contributed by atoms with van der Waals surface area (Å²) in [5.41, 5.74) is 2.22. The van der Waals surface area contributed by atoms with E-state index in [4.69, 9.17) is 4.74 Å². The van der Waals surface area contributed by atoms with E-state index >= 15 is 0 Å². The lowest BCUT2D eigenvalue weighted by molar-refractivity contribution is -0.132. The maximum absolute atomic E-state index is 12.5. The number of likely N-dealkylation sites (tertiary alicyclic amines) is 1. The number of para-hydroxylation sites is 1. The fraction of sp³-hybridized carbons (Fsp3) is 0.417. The van der Waals surface area contributed by atoms with Crippen LogP contribution in [0.15, 0.2) is 30.3 Å². The molecule has 1 saturated heterocycles. The molecule has 8 nitrogen and oxygen atoms in total. The summed E-state index contributed by atoms with van der Waals surface area (Å²) in [5, 5.41) is 31.4. The van der Waals surface area contributed by atoms with Gasteiger partial charge in [0.1, 0.15) is 5.75 Å². The van der Waals surface area contributed by atoms with E-state index in [0.29, 0.717) is 45.4 Å². The molecule has 1 heterocycles.